The minimum atomic E-state index is -0.498. The van der Waals surface area contributed by atoms with Crippen molar-refractivity contribution in [2.45, 2.75) is 13.5 Å². The van der Waals surface area contributed by atoms with Crippen molar-refractivity contribution in [1.29, 1.82) is 0 Å². The van der Waals surface area contributed by atoms with Gasteiger partial charge in [0.2, 0.25) is 5.91 Å². The van der Waals surface area contributed by atoms with E-state index in [9.17, 15) is 14.4 Å². The summed E-state index contributed by atoms with van der Waals surface area (Å²) in [5.41, 5.74) is 3.38. The van der Waals surface area contributed by atoms with Crippen molar-refractivity contribution in [3.05, 3.63) is 100 Å². The molecule has 0 spiro atoms. The Morgan fingerprint density at radius 1 is 0.970 bits per heavy atom. The topological polar surface area (TPSA) is 75.7 Å². The highest BCUT2D eigenvalue weighted by atomic mass is 32.2. The normalized spacial score (nSPS) is 14.6. The molecule has 1 aliphatic rings. The molecule has 0 atom stereocenters. The van der Waals surface area contributed by atoms with Crippen molar-refractivity contribution in [3.8, 4) is 5.75 Å². The van der Waals surface area contributed by atoms with Gasteiger partial charge >= 0.3 is 0 Å². The van der Waals surface area contributed by atoms with Crippen LogP contribution in [0.3, 0.4) is 0 Å². The van der Waals surface area contributed by atoms with Crippen LogP contribution in [-0.2, 0) is 16.2 Å². The number of carbonyl (C=O) groups is 3. The largest absolute Gasteiger partial charge is 0.488 e. The minimum absolute atomic E-state index is 0.249. The number of thioether (sulfide) groups is 1. The number of hydrogen-bond donors (Lipinski definition) is 1. The SMILES string of the molecule is Cc1ccc(NC(=O)CN2C(=O)SC(=Cc3ccccc3OCc3ccccc3)C2=O)cc1. The van der Waals surface area contributed by atoms with Gasteiger partial charge in [0.05, 0.1) is 4.91 Å². The number of nitrogens with one attached hydrogen (secondary N) is 1. The molecular formula is C26H22N2O4S. The molecule has 1 N–H and O–H groups in total. The Morgan fingerprint density at radius 2 is 1.67 bits per heavy atom. The van der Waals surface area contributed by atoms with E-state index in [0.29, 0.717) is 23.6 Å². The summed E-state index contributed by atoms with van der Waals surface area (Å²) in [5, 5.41) is 2.23. The Morgan fingerprint density at radius 3 is 2.42 bits per heavy atom. The third-order valence-corrected chi connectivity index (χ3v) is 5.86. The number of aryl methyl sites for hydroxylation is 1. The molecular weight excluding hydrogens is 436 g/mol. The molecule has 0 aliphatic carbocycles. The fourth-order valence-corrected chi connectivity index (χ4v) is 4.05. The lowest BCUT2D eigenvalue weighted by Crippen LogP contribution is -2.36. The first kappa shape index (κ1) is 22.4. The number of amides is 3. The maximum absolute atomic E-state index is 12.8. The van der Waals surface area contributed by atoms with Gasteiger partial charge < -0.3 is 10.1 Å². The number of anilines is 1. The van der Waals surface area contributed by atoms with E-state index in [1.54, 1.807) is 18.2 Å². The maximum Gasteiger partial charge on any atom is 0.294 e. The van der Waals surface area contributed by atoms with Gasteiger partial charge in [0.15, 0.2) is 0 Å². The van der Waals surface area contributed by atoms with E-state index in [4.69, 9.17) is 4.74 Å². The lowest BCUT2D eigenvalue weighted by molar-refractivity contribution is -0.127. The Kier molecular flexibility index (Phi) is 6.90. The summed E-state index contributed by atoms with van der Waals surface area (Å²) in [6, 6.07) is 24.4. The van der Waals surface area contributed by atoms with E-state index in [2.05, 4.69) is 5.32 Å². The van der Waals surface area contributed by atoms with Crippen LogP contribution in [0.5, 0.6) is 5.75 Å². The highest BCUT2D eigenvalue weighted by Gasteiger charge is 2.36. The molecule has 33 heavy (non-hydrogen) atoms. The third kappa shape index (κ3) is 5.70. The number of nitrogens with zero attached hydrogens (tertiary/aromatic N) is 1. The van der Waals surface area contributed by atoms with Crippen LogP contribution in [0.1, 0.15) is 16.7 Å². The molecule has 1 heterocycles. The summed E-state index contributed by atoms with van der Waals surface area (Å²) >= 11 is 0.813. The van der Waals surface area contributed by atoms with Gasteiger partial charge in [-0.15, -0.1) is 0 Å². The van der Waals surface area contributed by atoms with Crippen molar-refractivity contribution < 1.29 is 19.1 Å². The van der Waals surface area contributed by atoms with Crippen LogP contribution in [0.2, 0.25) is 0 Å². The highest BCUT2D eigenvalue weighted by molar-refractivity contribution is 8.18. The van der Waals surface area contributed by atoms with Crippen LogP contribution in [0.4, 0.5) is 10.5 Å². The van der Waals surface area contributed by atoms with Crippen LogP contribution in [0.15, 0.2) is 83.8 Å². The fourth-order valence-electron chi connectivity index (χ4n) is 3.23. The standard InChI is InChI=1S/C26H22N2O4S/c1-18-11-13-21(14-12-18)27-24(29)16-28-25(30)23(33-26(28)31)15-20-9-5-6-10-22(20)32-17-19-7-3-2-4-8-19/h2-15H,16-17H2,1H3,(H,27,29). The highest BCUT2D eigenvalue weighted by Crippen LogP contribution is 2.34. The Hall–Kier alpha value is -3.84. The van der Waals surface area contributed by atoms with E-state index in [1.165, 1.54) is 0 Å². The molecule has 3 aromatic rings. The molecule has 7 heteroatoms. The van der Waals surface area contributed by atoms with Crippen molar-refractivity contribution in [2.24, 2.45) is 0 Å². The molecule has 3 amide bonds. The molecule has 0 bridgehead atoms. The molecule has 1 aliphatic heterocycles. The van der Waals surface area contributed by atoms with Gasteiger partial charge in [-0.2, -0.15) is 0 Å². The van der Waals surface area contributed by atoms with E-state index in [-0.39, 0.29) is 11.4 Å². The molecule has 0 aromatic heterocycles. The number of ether oxygens (including phenoxy) is 1. The molecule has 0 unspecified atom stereocenters. The van der Waals surface area contributed by atoms with Gasteiger partial charge in [0.25, 0.3) is 11.1 Å². The molecule has 6 nitrogen and oxygen atoms in total. The lowest BCUT2D eigenvalue weighted by atomic mass is 10.1. The number of hydrogen-bond acceptors (Lipinski definition) is 5. The summed E-state index contributed by atoms with van der Waals surface area (Å²) in [6.07, 6.45) is 1.63. The molecule has 3 aromatic carbocycles. The van der Waals surface area contributed by atoms with Crippen molar-refractivity contribution in [2.75, 3.05) is 11.9 Å². The van der Waals surface area contributed by atoms with Gasteiger partial charge in [-0.05, 0) is 48.5 Å². The quantitative estimate of drug-likeness (QED) is 0.490. The number of imide groups is 1. The van der Waals surface area contributed by atoms with Gasteiger partial charge in [-0.3, -0.25) is 19.3 Å². The van der Waals surface area contributed by atoms with Crippen LogP contribution < -0.4 is 10.1 Å². The summed E-state index contributed by atoms with van der Waals surface area (Å²) in [7, 11) is 0. The minimum Gasteiger partial charge on any atom is -0.488 e. The maximum atomic E-state index is 12.8. The first-order valence-corrected chi connectivity index (χ1v) is 11.2. The van der Waals surface area contributed by atoms with Gasteiger partial charge in [0.1, 0.15) is 18.9 Å². The van der Waals surface area contributed by atoms with Gasteiger partial charge in [-0.1, -0.05) is 66.2 Å². The van der Waals surface area contributed by atoms with Gasteiger partial charge in [-0.25, -0.2) is 0 Å². The summed E-state index contributed by atoms with van der Waals surface area (Å²) < 4.78 is 5.93. The van der Waals surface area contributed by atoms with Crippen molar-refractivity contribution in [1.82, 2.24) is 4.90 Å². The molecule has 1 saturated heterocycles. The average molecular weight is 459 g/mol. The monoisotopic (exact) mass is 458 g/mol. The zero-order valence-electron chi connectivity index (χ0n) is 18.0. The second kappa shape index (κ2) is 10.2. The summed E-state index contributed by atoms with van der Waals surface area (Å²) in [4.78, 5) is 38.8. The first-order chi connectivity index (χ1) is 16.0. The Labute approximate surface area is 196 Å². The molecule has 0 saturated carbocycles. The van der Waals surface area contributed by atoms with Crippen LogP contribution >= 0.6 is 11.8 Å². The number of carbonyl (C=O) groups excluding carboxylic acids is 3. The fraction of sp³-hybridized carbons (Fsp3) is 0.115. The predicted octanol–water partition coefficient (Wildman–Crippen LogP) is 5.25. The van der Waals surface area contributed by atoms with Crippen LogP contribution in [0, 0.1) is 6.92 Å². The second-order valence-electron chi connectivity index (χ2n) is 7.49. The average Bonchev–Trinajstić information content (AvgIpc) is 3.08. The van der Waals surface area contributed by atoms with E-state index >= 15 is 0 Å². The van der Waals surface area contributed by atoms with E-state index < -0.39 is 17.1 Å². The molecule has 4 rings (SSSR count). The smallest absolute Gasteiger partial charge is 0.294 e. The predicted molar refractivity (Wildman–Crippen MR) is 130 cm³/mol. The van der Waals surface area contributed by atoms with E-state index in [1.807, 2.05) is 73.7 Å². The van der Waals surface area contributed by atoms with Crippen molar-refractivity contribution in [3.63, 3.8) is 0 Å². The van der Waals surface area contributed by atoms with Crippen LogP contribution in [0.25, 0.3) is 6.08 Å². The number of benzene rings is 3. The number of rotatable bonds is 7. The molecule has 1 fully saturated rings. The second-order valence-corrected chi connectivity index (χ2v) is 8.49. The first-order valence-electron chi connectivity index (χ1n) is 10.4. The zero-order valence-corrected chi connectivity index (χ0v) is 18.8. The van der Waals surface area contributed by atoms with Crippen LogP contribution in [-0.4, -0.2) is 28.5 Å². The lowest BCUT2D eigenvalue weighted by Gasteiger charge is -2.12. The zero-order chi connectivity index (χ0) is 23.2. The Bertz CT molecular complexity index is 1210. The van der Waals surface area contributed by atoms with Crippen molar-refractivity contribution >= 4 is 40.6 Å². The molecule has 166 valence electrons. The summed E-state index contributed by atoms with van der Waals surface area (Å²) in [6.45, 7) is 1.98. The third-order valence-electron chi connectivity index (χ3n) is 4.95. The van der Waals surface area contributed by atoms with Gasteiger partial charge in [0, 0.05) is 11.3 Å². The molecule has 0 radical (unpaired) electrons. The number of para-hydroxylation sites is 1. The Balaban J connectivity index is 1.44. The summed E-state index contributed by atoms with van der Waals surface area (Å²) in [5.74, 6) is -0.332. The van der Waals surface area contributed by atoms with E-state index in [0.717, 1.165) is 27.8 Å².